The number of amides is 1. The van der Waals surface area contributed by atoms with Crippen LogP contribution in [-0.4, -0.2) is 34.2 Å². The third kappa shape index (κ3) is 7.70. The number of hydrogen-bond acceptors (Lipinski definition) is 6. The van der Waals surface area contributed by atoms with Gasteiger partial charge in [0.05, 0.1) is 28.4 Å². The number of ether oxygens (including phenoxy) is 2. The fourth-order valence-corrected chi connectivity index (χ4v) is 6.24. The van der Waals surface area contributed by atoms with Crippen molar-refractivity contribution in [2.45, 2.75) is 25.3 Å². The van der Waals surface area contributed by atoms with Crippen LogP contribution in [0.5, 0.6) is 11.5 Å². The number of anilines is 1. The Bertz CT molecular complexity index is 1700. The molecule has 0 saturated carbocycles. The standard InChI is InChI=1S/C31H29BrClN3O5S/c1-21-9-10-22(2)28(15-21)36(42(38,39)26-7-5-4-6-8-26)19-30(37)35-34-18-24-16-27(32)31(29(17-24)40-3)41-20-23-11-13-25(33)14-12-23/h4-18H,19-20H2,1-3H3,(H,35,37)/b34-18-. The largest absolute Gasteiger partial charge is 0.493 e. The van der Waals surface area contributed by atoms with E-state index < -0.39 is 22.5 Å². The summed E-state index contributed by atoms with van der Waals surface area (Å²) in [4.78, 5) is 13.1. The smallest absolute Gasteiger partial charge is 0.264 e. The summed E-state index contributed by atoms with van der Waals surface area (Å²) in [7, 11) is -2.51. The molecule has 1 amide bonds. The SMILES string of the molecule is COc1cc(/C=N\NC(=O)CN(c2cc(C)ccc2C)S(=O)(=O)c2ccccc2)cc(Br)c1OCc1ccc(Cl)cc1. The Balaban J connectivity index is 1.50. The van der Waals surface area contributed by atoms with E-state index in [4.69, 9.17) is 21.1 Å². The fourth-order valence-electron chi connectivity index (χ4n) is 4.04. The van der Waals surface area contributed by atoms with E-state index in [2.05, 4.69) is 26.5 Å². The molecule has 4 aromatic rings. The molecule has 0 bridgehead atoms. The van der Waals surface area contributed by atoms with Gasteiger partial charge in [-0.2, -0.15) is 5.10 Å². The third-order valence-corrected chi connectivity index (χ3v) is 8.82. The van der Waals surface area contributed by atoms with Gasteiger partial charge in [-0.3, -0.25) is 9.10 Å². The Morgan fingerprint density at radius 3 is 2.43 bits per heavy atom. The van der Waals surface area contributed by atoms with Crippen LogP contribution < -0.4 is 19.2 Å². The van der Waals surface area contributed by atoms with Crippen LogP contribution in [0.3, 0.4) is 0 Å². The van der Waals surface area contributed by atoms with E-state index in [1.54, 1.807) is 55.5 Å². The van der Waals surface area contributed by atoms with Gasteiger partial charge in [0, 0.05) is 5.02 Å². The van der Waals surface area contributed by atoms with Crippen LogP contribution in [-0.2, 0) is 21.4 Å². The maximum atomic E-state index is 13.6. The van der Waals surface area contributed by atoms with Crippen molar-refractivity contribution < 1.29 is 22.7 Å². The van der Waals surface area contributed by atoms with E-state index >= 15 is 0 Å². The zero-order valence-electron chi connectivity index (χ0n) is 23.2. The van der Waals surface area contributed by atoms with Gasteiger partial charge in [-0.1, -0.05) is 54.1 Å². The summed E-state index contributed by atoms with van der Waals surface area (Å²) >= 11 is 9.47. The summed E-state index contributed by atoms with van der Waals surface area (Å²) < 4.78 is 40.4. The molecule has 42 heavy (non-hydrogen) atoms. The van der Waals surface area contributed by atoms with Gasteiger partial charge in [-0.05, 0) is 94.5 Å². The van der Waals surface area contributed by atoms with E-state index in [0.29, 0.717) is 44.4 Å². The Morgan fingerprint density at radius 2 is 1.74 bits per heavy atom. The van der Waals surface area contributed by atoms with Gasteiger partial charge in [0.15, 0.2) is 11.5 Å². The van der Waals surface area contributed by atoms with Crippen LogP contribution in [0.15, 0.2) is 99.4 Å². The first-order valence-corrected chi connectivity index (χ1v) is 15.4. The number of nitrogens with one attached hydrogen (secondary N) is 1. The number of carbonyl (C=O) groups is 1. The van der Waals surface area contributed by atoms with E-state index in [9.17, 15) is 13.2 Å². The molecule has 0 radical (unpaired) electrons. The van der Waals surface area contributed by atoms with Crippen LogP contribution in [0.2, 0.25) is 5.02 Å². The lowest BCUT2D eigenvalue weighted by molar-refractivity contribution is -0.119. The molecule has 4 aromatic carbocycles. The van der Waals surface area contributed by atoms with Gasteiger partial charge in [0.25, 0.3) is 15.9 Å². The van der Waals surface area contributed by atoms with Gasteiger partial charge in [0.2, 0.25) is 0 Å². The highest BCUT2D eigenvalue weighted by Gasteiger charge is 2.28. The maximum Gasteiger partial charge on any atom is 0.264 e. The summed E-state index contributed by atoms with van der Waals surface area (Å²) in [5, 5.41) is 4.70. The summed E-state index contributed by atoms with van der Waals surface area (Å²) in [6.07, 6.45) is 1.43. The second kappa shape index (κ2) is 13.9. The topological polar surface area (TPSA) is 97.3 Å². The van der Waals surface area contributed by atoms with Crippen LogP contribution in [0.1, 0.15) is 22.3 Å². The number of hydrogen-bond donors (Lipinski definition) is 1. The number of nitrogens with zero attached hydrogens (tertiary/aromatic N) is 2. The van der Waals surface area contributed by atoms with Crippen molar-refractivity contribution in [1.29, 1.82) is 0 Å². The molecule has 0 unspecified atom stereocenters. The van der Waals surface area contributed by atoms with E-state index in [-0.39, 0.29) is 4.90 Å². The molecule has 1 N–H and O–H groups in total. The molecule has 8 nitrogen and oxygen atoms in total. The second-order valence-corrected chi connectivity index (χ2v) is 12.5. The van der Waals surface area contributed by atoms with Gasteiger partial charge < -0.3 is 9.47 Å². The van der Waals surface area contributed by atoms with E-state index in [0.717, 1.165) is 15.4 Å². The number of benzene rings is 4. The van der Waals surface area contributed by atoms with Crippen molar-refractivity contribution in [2.75, 3.05) is 18.0 Å². The van der Waals surface area contributed by atoms with Crippen LogP contribution in [0.4, 0.5) is 5.69 Å². The van der Waals surface area contributed by atoms with Crippen LogP contribution in [0.25, 0.3) is 0 Å². The minimum absolute atomic E-state index is 0.0810. The lowest BCUT2D eigenvalue weighted by Crippen LogP contribution is -2.40. The van der Waals surface area contributed by atoms with E-state index in [1.165, 1.54) is 25.5 Å². The summed E-state index contributed by atoms with van der Waals surface area (Å²) in [5.74, 6) is 0.352. The predicted octanol–water partition coefficient (Wildman–Crippen LogP) is 6.65. The number of rotatable bonds is 11. The molecule has 4 rings (SSSR count). The highest BCUT2D eigenvalue weighted by atomic mass is 79.9. The minimum atomic E-state index is -4.04. The predicted molar refractivity (Wildman–Crippen MR) is 169 cm³/mol. The molecule has 0 aliphatic carbocycles. The van der Waals surface area contributed by atoms with E-state index in [1.807, 2.05) is 31.2 Å². The quantitative estimate of drug-likeness (QED) is 0.142. The van der Waals surface area contributed by atoms with Crippen molar-refractivity contribution in [3.8, 4) is 11.5 Å². The van der Waals surface area contributed by atoms with Crippen LogP contribution >= 0.6 is 27.5 Å². The maximum absolute atomic E-state index is 13.6. The molecular weight excluding hydrogens is 642 g/mol. The summed E-state index contributed by atoms with van der Waals surface area (Å²) in [6, 6.07) is 24.3. The minimum Gasteiger partial charge on any atom is -0.493 e. The van der Waals surface area contributed by atoms with Crippen molar-refractivity contribution in [3.63, 3.8) is 0 Å². The molecule has 0 aliphatic rings. The molecule has 218 valence electrons. The molecule has 0 fully saturated rings. The molecule has 0 saturated heterocycles. The summed E-state index contributed by atoms with van der Waals surface area (Å²) in [6.45, 7) is 3.50. The molecule has 11 heteroatoms. The lowest BCUT2D eigenvalue weighted by atomic mass is 10.1. The third-order valence-electron chi connectivity index (χ3n) is 6.20. The van der Waals surface area contributed by atoms with Gasteiger partial charge in [-0.15, -0.1) is 0 Å². The van der Waals surface area contributed by atoms with Crippen LogP contribution in [0, 0.1) is 13.8 Å². The zero-order valence-corrected chi connectivity index (χ0v) is 26.3. The van der Waals surface area contributed by atoms with Crippen molar-refractivity contribution in [3.05, 3.63) is 117 Å². The monoisotopic (exact) mass is 669 g/mol. The van der Waals surface area contributed by atoms with Crippen molar-refractivity contribution in [2.24, 2.45) is 5.10 Å². The fraction of sp³-hybridized carbons (Fsp3) is 0.161. The first kappa shape index (κ1) is 31.1. The second-order valence-electron chi connectivity index (χ2n) is 9.36. The molecule has 0 aliphatic heterocycles. The molecule has 0 spiro atoms. The number of halogens is 2. The lowest BCUT2D eigenvalue weighted by Gasteiger charge is -2.25. The number of sulfonamides is 1. The summed E-state index contributed by atoms with van der Waals surface area (Å²) in [5.41, 5.74) is 5.98. The first-order valence-electron chi connectivity index (χ1n) is 12.8. The average Bonchev–Trinajstić information content (AvgIpc) is 2.97. The van der Waals surface area contributed by atoms with Gasteiger partial charge in [-0.25, -0.2) is 13.8 Å². The molecule has 0 atom stereocenters. The Labute approximate surface area is 259 Å². The highest BCUT2D eigenvalue weighted by molar-refractivity contribution is 9.10. The molecule has 0 heterocycles. The normalized spacial score (nSPS) is 11.4. The highest BCUT2D eigenvalue weighted by Crippen LogP contribution is 2.37. The van der Waals surface area contributed by atoms with Crippen molar-refractivity contribution in [1.82, 2.24) is 5.43 Å². The Hall–Kier alpha value is -3.86. The number of carbonyl (C=O) groups excluding carboxylic acids is 1. The average molecular weight is 671 g/mol. The first-order chi connectivity index (χ1) is 20.1. The number of hydrazone groups is 1. The zero-order chi connectivity index (χ0) is 30.3. The molecular formula is C31H29BrClN3O5S. The van der Waals surface area contributed by atoms with Crippen molar-refractivity contribution >= 4 is 55.4 Å². The number of methoxy groups -OCH3 is 1. The van der Waals surface area contributed by atoms with Gasteiger partial charge >= 0.3 is 0 Å². The van der Waals surface area contributed by atoms with Gasteiger partial charge in [0.1, 0.15) is 13.2 Å². The Kier molecular flexibility index (Phi) is 10.3. The number of aryl methyl sites for hydroxylation is 2. The Morgan fingerprint density at radius 1 is 1.02 bits per heavy atom. The molecule has 0 aromatic heterocycles.